The molecule has 3 N–H and O–H groups in total. The monoisotopic (exact) mass is 311 g/mol. The lowest BCUT2D eigenvalue weighted by Crippen LogP contribution is -2.29. The minimum Gasteiger partial charge on any atom is -0.324 e. The average Bonchev–Trinajstić information content (AvgIpc) is 3.22. The molecule has 8 nitrogen and oxygen atoms in total. The predicted octanol–water partition coefficient (Wildman–Crippen LogP) is 1.33. The van der Waals surface area contributed by atoms with Gasteiger partial charge in [0.2, 0.25) is 5.95 Å². The van der Waals surface area contributed by atoms with E-state index < -0.39 is 0 Å². The van der Waals surface area contributed by atoms with Crippen LogP contribution in [0.25, 0.3) is 11.0 Å². The maximum atomic E-state index is 12.3. The van der Waals surface area contributed by atoms with Gasteiger partial charge >= 0.3 is 0 Å². The first-order valence-corrected chi connectivity index (χ1v) is 7.68. The Labute approximate surface area is 132 Å². The number of imidazole rings is 1. The van der Waals surface area contributed by atoms with E-state index in [2.05, 4.69) is 30.9 Å². The number of nitrogens with zero attached hydrogens (tertiary/aromatic N) is 4. The standard InChI is InChI=1S/C15H17N7O/c23-14(19-15-17-11-3-1-2-4-12(11)18-15)13-9-22(21-20-13)10-5-7-16-8-6-10/h1-4,9-10,16H,5-8H2,(H2,17,18,19,23). The minimum atomic E-state index is -0.316. The molecule has 1 aromatic carbocycles. The number of piperidine rings is 1. The summed E-state index contributed by atoms with van der Waals surface area (Å²) in [4.78, 5) is 19.7. The fourth-order valence-electron chi connectivity index (χ4n) is 2.81. The average molecular weight is 311 g/mol. The molecular weight excluding hydrogens is 294 g/mol. The van der Waals surface area contributed by atoms with E-state index >= 15 is 0 Å². The van der Waals surface area contributed by atoms with E-state index in [0.29, 0.717) is 17.7 Å². The largest absolute Gasteiger partial charge is 0.324 e. The summed E-state index contributed by atoms with van der Waals surface area (Å²) in [7, 11) is 0. The van der Waals surface area contributed by atoms with Gasteiger partial charge in [0, 0.05) is 0 Å². The summed E-state index contributed by atoms with van der Waals surface area (Å²) in [6, 6.07) is 7.91. The molecule has 1 saturated heterocycles. The zero-order valence-electron chi connectivity index (χ0n) is 12.5. The zero-order chi connectivity index (χ0) is 15.6. The molecule has 0 radical (unpaired) electrons. The fourth-order valence-corrected chi connectivity index (χ4v) is 2.81. The van der Waals surface area contributed by atoms with Crippen LogP contribution >= 0.6 is 0 Å². The number of hydrogen-bond donors (Lipinski definition) is 3. The third-order valence-corrected chi connectivity index (χ3v) is 4.05. The molecule has 0 atom stereocenters. The highest BCUT2D eigenvalue weighted by molar-refractivity contribution is 6.02. The van der Waals surface area contributed by atoms with E-state index in [1.54, 1.807) is 10.9 Å². The summed E-state index contributed by atoms with van der Waals surface area (Å²) in [5.74, 6) is 0.0943. The number of rotatable bonds is 3. The van der Waals surface area contributed by atoms with Crippen molar-refractivity contribution in [2.75, 3.05) is 18.4 Å². The van der Waals surface area contributed by atoms with Gasteiger partial charge in [-0.3, -0.25) is 10.1 Å². The smallest absolute Gasteiger partial charge is 0.280 e. The molecule has 0 unspecified atom stereocenters. The Morgan fingerprint density at radius 2 is 2.09 bits per heavy atom. The van der Waals surface area contributed by atoms with Crippen LogP contribution in [0.5, 0.6) is 0 Å². The summed E-state index contributed by atoms with van der Waals surface area (Å²) in [5, 5.41) is 14.1. The normalized spacial score (nSPS) is 15.8. The Morgan fingerprint density at radius 3 is 2.91 bits per heavy atom. The Bertz CT molecular complexity index is 798. The van der Waals surface area contributed by atoms with Gasteiger partial charge in [-0.2, -0.15) is 0 Å². The fraction of sp³-hybridized carbons (Fsp3) is 0.333. The highest BCUT2D eigenvalue weighted by atomic mass is 16.2. The van der Waals surface area contributed by atoms with Gasteiger partial charge in [-0.05, 0) is 38.1 Å². The van der Waals surface area contributed by atoms with E-state index in [1.165, 1.54) is 0 Å². The maximum Gasteiger partial charge on any atom is 0.280 e. The van der Waals surface area contributed by atoms with Crippen LogP contribution in [0.2, 0.25) is 0 Å². The van der Waals surface area contributed by atoms with Crippen molar-refractivity contribution in [3.63, 3.8) is 0 Å². The highest BCUT2D eigenvalue weighted by Gasteiger charge is 2.19. The van der Waals surface area contributed by atoms with Crippen LogP contribution in [0.4, 0.5) is 5.95 Å². The van der Waals surface area contributed by atoms with E-state index in [0.717, 1.165) is 37.0 Å². The predicted molar refractivity (Wildman–Crippen MR) is 85.2 cm³/mol. The van der Waals surface area contributed by atoms with Crippen LogP contribution in [0.15, 0.2) is 30.5 Å². The molecule has 1 aliphatic heterocycles. The second-order valence-electron chi connectivity index (χ2n) is 5.62. The van der Waals surface area contributed by atoms with Crippen LogP contribution in [-0.4, -0.2) is 44.0 Å². The second-order valence-corrected chi connectivity index (χ2v) is 5.62. The number of aromatic amines is 1. The number of aromatic nitrogens is 5. The highest BCUT2D eigenvalue weighted by Crippen LogP contribution is 2.18. The van der Waals surface area contributed by atoms with Crippen LogP contribution in [0.1, 0.15) is 29.4 Å². The van der Waals surface area contributed by atoms with Crippen molar-refractivity contribution in [2.24, 2.45) is 0 Å². The third kappa shape index (κ3) is 2.80. The number of H-pyrrole nitrogens is 1. The van der Waals surface area contributed by atoms with E-state index in [9.17, 15) is 4.79 Å². The zero-order valence-corrected chi connectivity index (χ0v) is 12.5. The molecular formula is C15H17N7O. The van der Waals surface area contributed by atoms with E-state index in [4.69, 9.17) is 0 Å². The minimum absolute atomic E-state index is 0.295. The van der Waals surface area contributed by atoms with Gasteiger partial charge in [-0.1, -0.05) is 17.3 Å². The van der Waals surface area contributed by atoms with Gasteiger partial charge in [0.25, 0.3) is 5.91 Å². The molecule has 118 valence electrons. The molecule has 3 aromatic rings. The maximum absolute atomic E-state index is 12.3. The lowest BCUT2D eigenvalue weighted by atomic mass is 10.1. The van der Waals surface area contributed by atoms with E-state index in [-0.39, 0.29) is 5.91 Å². The molecule has 0 saturated carbocycles. The Balaban J connectivity index is 1.49. The van der Waals surface area contributed by atoms with Gasteiger partial charge in [0.15, 0.2) is 5.69 Å². The van der Waals surface area contributed by atoms with Gasteiger partial charge in [0.05, 0.1) is 23.3 Å². The summed E-state index contributed by atoms with van der Waals surface area (Å²) >= 11 is 0. The number of benzene rings is 1. The molecule has 8 heteroatoms. The molecule has 0 spiro atoms. The number of para-hydroxylation sites is 2. The number of amides is 1. The molecule has 0 bridgehead atoms. The van der Waals surface area contributed by atoms with E-state index in [1.807, 2.05) is 24.3 Å². The Kier molecular flexibility index (Phi) is 3.51. The molecule has 1 aliphatic rings. The molecule has 23 heavy (non-hydrogen) atoms. The number of anilines is 1. The number of nitrogens with one attached hydrogen (secondary N) is 3. The molecule has 1 amide bonds. The van der Waals surface area contributed by atoms with Crippen molar-refractivity contribution >= 4 is 22.9 Å². The molecule has 4 rings (SSSR count). The summed E-state index contributed by atoms with van der Waals surface area (Å²) < 4.78 is 1.79. The Morgan fingerprint density at radius 1 is 1.26 bits per heavy atom. The lowest BCUT2D eigenvalue weighted by molar-refractivity contribution is 0.102. The first-order chi connectivity index (χ1) is 11.3. The SMILES string of the molecule is O=C(Nc1nc2ccccc2[nH]1)c1cn(C2CCNCC2)nn1. The third-order valence-electron chi connectivity index (χ3n) is 4.05. The van der Waals surface area contributed by atoms with Crippen molar-refractivity contribution in [3.8, 4) is 0 Å². The molecule has 0 aliphatic carbocycles. The van der Waals surface area contributed by atoms with Crippen molar-refractivity contribution < 1.29 is 4.79 Å². The number of carbonyl (C=O) groups excluding carboxylic acids is 1. The van der Waals surface area contributed by atoms with Crippen LogP contribution in [0.3, 0.4) is 0 Å². The van der Waals surface area contributed by atoms with Crippen molar-refractivity contribution in [2.45, 2.75) is 18.9 Å². The molecule has 3 heterocycles. The van der Waals surface area contributed by atoms with Crippen molar-refractivity contribution in [1.29, 1.82) is 0 Å². The van der Waals surface area contributed by atoms with Crippen molar-refractivity contribution in [1.82, 2.24) is 30.3 Å². The van der Waals surface area contributed by atoms with Crippen LogP contribution in [0, 0.1) is 0 Å². The molecule has 1 fully saturated rings. The van der Waals surface area contributed by atoms with Gasteiger partial charge in [-0.15, -0.1) is 5.10 Å². The van der Waals surface area contributed by atoms with Gasteiger partial charge in [-0.25, -0.2) is 9.67 Å². The number of hydrogen-bond acceptors (Lipinski definition) is 5. The first kappa shape index (κ1) is 13.9. The van der Waals surface area contributed by atoms with Crippen molar-refractivity contribution in [3.05, 3.63) is 36.2 Å². The van der Waals surface area contributed by atoms with Gasteiger partial charge in [0.1, 0.15) is 0 Å². The molecule has 2 aromatic heterocycles. The topological polar surface area (TPSA) is 101 Å². The Hall–Kier alpha value is -2.74. The first-order valence-electron chi connectivity index (χ1n) is 7.68. The van der Waals surface area contributed by atoms with Crippen LogP contribution in [-0.2, 0) is 0 Å². The summed E-state index contributed by atoms with van der Waals surface area (Å²) in [6.07, 6.45) is 3.69. The summed E-state index contributed by atoms with van der Waals surface area (Å²) in [6.45, 7) is 1.93. The van der Waals surface area contributed by atoms with Crippen LogP contribution < -0.4 is 10.6 Å². The summed E-state index contributed by atoms with van der Waals surface area (Å²) in [5.41, 5.74) is 1.98. The quantitative estimate of drug-likeness (QED) is 0.677. The number of carbonyl (C=O) groups is 1. The second kappa shape index (κ2) is 5.81. The van der Waals surface area contributed by atoms with Gasteiger partial charge < -0.3 is 10.3 Å². The number of fused-ring (bicyclic) bond motifs is 1. The lowest BCUT2D eigenvalue weighted by Gasteiger charge is -2.21.